The average molecular weight is 412 g/mol. The summed E-state index contributed by atoms with van der Waals surface area (Å²) in [6, 6.07) is 11.9. The van der Waals surface area contributed by atoms with Crippen LogP contribution in [0.4, 0.5) is 0 Å². The third kappa shape index (κ3) is 4.17. The number of carbonyl (C=O) groups is 1. The summed E-state index contributed by atoms with van der Waals surface area (Å²) in [7, 11) is 0. The Morgan fingerprint density at radius 1 is 1.10 bits per heavy atom. The molecule has 0 spiro atoms. The van der Waals surface area contributed by atoms with E-state index in [1.807, 2.05) is 0 Å². The number of hydrogen-bond acceptors (Lipinski definition) is 2. The van der Waals surface area contributed by atoms with Crippen molar-refractivity contribution in [3.8, 4) is 5.75 Å². The van der Waals surface area contributed by atoms with Gasteiger partial charge >= 0.3 is 0 Å². The lowest BCUT2D eigenvalue weighted by Crippen LogP contribution is -1.98. The topological polar surface area (TPSA) is 26.3 Å². The van der Waals surface area contributed by atoms with Gasteiger partial charge in [0.1, 0.15) is 18.6 Å². The van der Waals surface area contributed by atoms with Gasteiger partial charge in [-0.25, -0.2) is 0 Å². The summed E-state index contributed by atoms with van der Waals surface area (Å²) >= 11 is 6.86. The molecule has 2 aromatic carbocycles. The fourth-order valence-corrected chi connectivity index (χ4v) is 3.39. The molecule has 0 radical (unpaired) electrons. The first kappa shape index (κ1) is 16.2. The van der Waals surface area contributed by atoms with Crippen LogP contribution in [-0.4, -0.2) is 6.29 Å². The summed E-state index contributed by atoms with van der Waals surface area (Å²) in [5, 5.41) is 0. The fourth-order valence-electron chi connectivity index (χ4n) is 1.94. The molecule has 0 aromatic heterocycles. The van der Waals surface area contributed by atoms with Crippen LogP contribution in [0, 0.1) is 0 Å². The van der Waals surface area contributed by atoms with Gasteiger partial charge < -0.3 is 4.74 Å². The van der Waals surface area contributed by atoms with Gasteiger partial charge in [-0.05, 0) is 61.0 Å². The number of rotatable bonds is 5. The molecule has 110 valence electrons. The smallest absolute Gasteiger partial charge is 0.150 e. The molecule has 0 saturated heterocycles. The first-order chi connectivity index (χ1) is 10.0. The van der Waals surface area contributed by atoms with E-state index >= 15 is 0 Å². The van der Waals surface area contributed by atoms with Gasteiger partial charge in [-0.15, -0.1) is 0 Å². The van der Waals surface area contributed by atoms with E-state index in [1.54, 1.807) is 12.1 Å². The first-order valence-corrected chi connectivity index (χ1v) is 8.25. The van der Waals surface area contributed by atoms with Crippen LogP contribution in [0.3, 0.4) is 0 Å². The molecule has 0 N–H and O–H groups in total. The molecule has 2 aromatic rings. The second kappa shape index (κ2) is 7.23. The van der Waals surface area contributed by atoms with Crippen molar-refractivity contribution in [1.82, 2.24) is 0 Å². The Hall–Kier alpha value is -1.13. The molecule has 0 atom stereocenters. The number of ether oxygens (including phenoxy) is 1. The van der Waals surface area contributed by atoms with Gasteiger partial charge in [-0.2, -0.15) is 0 Å². The highest BCUT2D eigenvalue weighted by Gasteiger charge is 2.09. The monoisotopic (exact) mass is 410 g/mol. The number of halogens is 2. The van der Waals surface area contributed by atoms with E-state index in [9.17, 15) is 4.79 Å². The summed E-state index contributed by atoms with van der Waals surface area (Å²) in [6.45, 7) is 4.83. The van der Waals surface area contributed by atoms with Crippen LogP contribution in [0.1, 0.15) is 41.3 Å². The Balaban J connectivity index is 2.11. The summed E-state index contributed by atoms with van der Waals surface area (Å²) in [6.07, 6.45) is 0.809. The minimum Gasteiger partial charge on any atom is -0.487 e. The van der Waals surface area contributed by atoms with Crippen LogP contribution in [0.5, 0.6) is 5.75 Å². The third-order valence-electron chi connectivity index (χ3n) is 3.19. The fraction of sp³-hybridized carbons (Fsp3) is 0.235. The Bertz CT molecular complexity index is 611. The highest BCUT2D eigenvalue weighted by molar-refractivity contribution is 9.11. The number of hydrogen-bond donors (Lipinski definition) is 0. The molecule has 0 aliphatic rings. The molecule has 0 unspecified atom stereocenters. The van der Waals surface area contributed by atoms with Crippen molar-refractivity contribution >= 4 is 38.1 Å². The maximum Gasteiger partial charge on any atom is 0.150 e. The summed E-state index contributed by atoms with van der Waals surface area (Å²) in [5.74, 6) is 1.23. The van der Waals surface area contributed by atoms with E-state index in [-0.39, 0.29) is 0 Å². The predicted molar refractivity (Wildman–Crippen MR) is 92.1 cm³/mol. The van der Waals surface area contributed by atoms with Crippen molar-refractivity contribution in [2.75, 3.05) is 0 Å². The second-order valence-corrected chi connectivity index (χ2v) is 6.83. The molecular weight excluding hydrogens is 396 g/mol. The van der Waals surface area contributed by atoms with E-state index in [2.05, 4.69) is 70.0 Å². The molecule has 0 bridgehead atoms. The molecule has 0 amide bonds. The molecule has 0 aliphatic heterocycles. The SMILES string of the molecule is CC(C)c1ccc(COc2c(Br)cc(C=O)cc2Br)cc1. The van der Waals surface area contributed by atoms with Crippen molar-refractivity contribution in [3.05, 3.63) is 62.0 Å². The normalized spacial score (nSPS) is 10.7. The van der Waals surface area contributed by atoms with Crippen molar-refractivity contribution in [1.29, 1.82) is 0 Å². The Morgan fingerprint density at radius 2 is 1.67 bits per heavy atom. The molecule has 0 saturated carbocycles. The van der Waals surface area contributed by atoms with Crippen LogP contribution in [-0.2, 0) is 6.61 Å². The molecular formula is C17H16Br2O2. The summed E-state index contributed by atoms with van der Waals surface area (Å²) in [4.78, 5) is 10.8. The van der Waals surface area contributed by atoms with Crippen molar-refractivity contribution in [3.63, 3.8) is 0 Å². The van der Waals surface area contributed by atoms with E-state index in [0.717, 1.165) is 20.8 Å². The molecule has 2 rings (SSSR count). The maximum atomic E-state index is 10.8. The zero-order valence-electron chi connectivity index (χ0n) is 11.9. The van der Waals surface area contributed by atoms with Gasteiger partial charge in [0.25, 0.3) is 0 Å². The maximum absolute atomic E-state index is 10.8. The number of carbonyl (C=O) groups excluding carboxylic acids is 1. The Labute approximate surface area is 141 Å². The van der Waals surface area contributed by atoms with Gasteiger partial charge in [0.15, 0.2) is 0 Å². The van der Waals surface area contributed by atoms with Gasteiger partial charge in [0.05, 0.1) is 8.95 Å². The van der Waals surface area contributed by atoms with E-state index in [0.29, 0.717) is 23.8 Å². The average Bonchev–Trinajstić information content (AvgIpc) is 2.46. The van der Waals surface area contributed by atoms with E-state index in [1.165, 1.54) is 5.56 Å². The molecule has 2 nitrogen and oxygen atoms in total. The lowest BCUT2D eigenvalue weighted by molar-refractivity contribution is 0.112. The zero-order valence-corrected chi connectivity index (χ0v) is 15.1. The lowest BCUT2D eigenvalue weighted by atomic mass is 10.0. The summed E-state index contributed by atoms with van der Waals surface area (Å²) < 4.78 is 7.37. The van der Waals surface area contributed by atoms with Gasteiger partial charge in [-0.3, -0.25) is 4.79 Å². The van der Waals surface area contributed by atoms with Crippen LogP contribution in [0.25, 0.3) is 0 Å². The highest BCUT2D eigenvalue weighted by atomic mass is 79.9. The van der Waals surface area contributed by atoms with Gasteiger partial charge in [0, 0.05) is 5.56 Å². The molecule has 4 heteroatoms. The zero-order chi connectivity index (χ0) is 15.4. The van der Waals surface area contributed by atoms with Crippen LogP contribution in [0.15, 0.2) is 45.3 Å². The largest absolute Gasteiger partial charge is 0.487 e. The third-order valence-corrected chi connectivity index (χ3v) is 4.36. The lowest BCUT2D eigenvalue weighted by Gasteiger charge is -2.12. The summed E-state index contributed by atoms with van der Waals surface area (Å²) in [5.41, 5.74) is 3.02. The quantitative estimate of drug-likeness (QED) is 0.587. The highest BCUT2D eigenvalue weighted by Crippen LogP contribution is 2.35. The minimum absolute atomic E-state index is 0.482. The van der Waals surface area contributed by atoms with Crippen LogP contribution in [0.2, 0.25) is 0 Å². The number of benzene rings is 2. The number of aldehydes is 1. The predicted octanol–water partition coefficient (Wildman–Crippen LogP) is 5.73. The van der Waals surface area contributed by atoms with Gasteiger partial charge in [-0.1, -0.05) is 38.1 Å². The van der Waals surface area contributed by atoms with E-state index < -0.39 is 0 Å². The van der Waals surface area contributed by atoms with Crippen molar-refractivity contribution < 1.29 is 9.53 Å². The minimum atomic E-state index is 0.482. The van der Waals surface area contributed by atoms with Gasteiger partial charge in [0.2, 0.25) is 0 Å². The van der Waals surface area contributed by atoms with Crippen molar-refractivity contribution in [2.45, 2.75) is 26.4 Å². The Kier molecular flexibility index (Phi) is 5.59. The standard InChI is InChI=1S/C17H16Br2O2/c1-11(2)14-5-3-12(4-6-14)10-21-17-15(18)7-13(9-20)8-16(17)19/h3-9,11H,10H2,1-2H3. The molecule has 0 aliphatic carbocycles. The van der Waals surface area contributed by atoms with E-state index in [4.69, 9.17) is 4.74 Å². The molecule has 0 heterocycles. The Morgan fingerprint density at radius 3 is 2.14 bits per heavy atom. The first-order valence-electron chi connectivity index (χ1n) is 6.67. The molecule has 21 heavy (non-hydrogen) atoms. The molecule has 0 fully saturated rings. The van der Waals surface area contributed by atoms with Crippen LogP contribution < -0.4 is 4.74 Å². The van der Waals surface area contributed by atoms with Crippen molar-refractivity contribution in [2.24, 2.45) is 0 Å². The van der Waals surface area contributed by atoms with Crippen LogP contribution >= 0.6 is 31.9 Å². The second-order valence-electron chi connectivity index (χ2n) is 5.12.